The lowest BCUT2D eigenvalue weighted by molar-refractivity contribution is 0.0531. The second-order valence-electron chi connectivity index (χ2n) is 11.3. The molecule has 1 amide bonds. The molecule has 0 unspecified atom stereocenters. The number of hydrogen-bond donors (Lipinski definition) is 0. The Hall–Kier alpha value is -3.42. The van der Waals surface area contributed by atoms with Crippen LogP contribution in [0.3, 0.4) is 0 Å². The predicted molar refractivity (Wildman–Crippen MR) is 199 cm³/mol. The third kappa shape index (κ3) is 7.00. The van der Waals surface area contributed by atoms with Crippen LogP contribution in [-0.4, -0.2) is 64.5 Å². The lowest BCUT2D eigenvalue weighted by Crippen LogP contribution is -2.49. The summed E-state index contributed by atoms with van der Waals surface area (Å²) >= 11 is 12.3. The number of fused-ring (bicyclic) bond motifs is 1. The van der Waals surface area contributed by atoms with Crippen LogP contribution in [0, 0.1) is 6.92 Å². The van der Waals surface area contributed by atoms with E-state index in [1.54, 1.807) is 37.3 Å². The van der Waals surface area contributed by atoms with Crippen molar-refractivity contribution in [3.63, 3.8) is 0 Å². The fourth-order valence-electron chi connectivity index (χ4n) is 5.81. The molecule has 1 fully saturated rings. The molecule has 0 bridgehead atoms. The van der Waals surface area contributed by atoms with Gasteiger partial charge in [-0.05, 0) is 107 Å². The minimum Gasteiger partial charge on any atom is -0.462 e. The number of sulfonamides is 1. The van der Waals surface area contributed by atoms with E-state index in [9.17, 15) is 18.0 Å². The van der Waals surface area contributed by atoms with Crippen LogP contribution in [0.1, 0.15) is 37.4 Å². The van der Waals surface area contributed by atoms with Crippen molar-refractivity contribution < 1.29 is 22.7 Å². The molecule has 3 heterocycles. The number of para-hydroxylation sites is 2. The normalized spacial score (nSPS) is 13.6. The number of amides is 1. The highest BCUT2D eigenvalue weighted by atomic mass is 79.9. The van der Waals surface area contributed by atoms with Crippen molar-refractivity contribution in [3.8, 4) is 0 Å². The molecule has 1 aliphatic heterocycles. The third-order valence-corrected chi connectivity index (χ3v) is 13.5. The average Bonchev–Trinajstić information content (AvgIpc) is 3.67. The molecule has 1 aliphatic rings. The number of halogens is 2. The maximum Gasteiger partial charge on any atom is 0.348 e. The molecule has 0 spiro atoms. The van der Waals surface area contributed by atoms with Gasteiger partial charge in [0.1, 0.15) is 9.75 Å². The Labute approximate surface area is 301 Å². The number of ether oxygens (including phenoxy) is 1. The van der Waals surface area contributed by atoms with E-state index < -0.39 is 16.0 Å². The molecular formula is C35H33BrClN3O5S3. The van der Waals surface area contributed by atoms with Crippen LogP contribution in [0.15, 0.2) is 87.5 Å². The van der Waals surface area contributed by atoms with Crippen LogP contribution in [0.2, 0.25) is 5.02 Å². The van der Waals surface area contributed by atoms with Gasteiger partial charge in [0.2, 0.25) is 0 Å². The Morgan fingerprint density at radius 3 is 2.40 bits per heavy atom. The van der Waals surface area contributed by atoms with Crippen LogP contribution in [0.5, 0.6) is 0 Å². The van der Waals surface area contributed by atoms with Gasteiger partial charge in [0.25, 0.3) is 15.9 Å². The molecule has 13 heteroatoms. The van der Waals surface area contributed by atoms with E-state index >= 15 is 0 Å². The Morgan fingerprint density at radius 1 is 0.979 bits per heavy atom. The summed E-state index contributed by atoms with van der Waals surface area (Å²) < 4.78 is 37.7. The number of rotatable bonds is 10. The van der Waals surface area contributed by atoms with Crippen molar-refractivity contribution in [1.82, 2.24) is 4.90 Å². The Bertz CT molecular complexity index is 2070. The van der Waals surface area contributed by atoms with Crippen LogP contribution in [0.4, 0.5) is 11.4 Å². The molecule has 2 aromatic heterocycles. The van der Waals surface area contributed by atoms with Crippen molar-refractivity contribution in [2.24, 2.45) is 0 Å². The fourth-order valence-corrected chi connectivity index (χ4v) is 10.0. The van der Waals surface area contributed by atoms with Gasteiger partial charge in [0.15, 0.2) is 0 Å². The topological polar surface area (TPSA) is 87.2 Å². The first kappa shape index (κ1) is 34.4. The summed E-state index contributed by atoms with van der Waals surface area (Å²) in [4.78, 5) is 31.0. The van der Waals surface area contributed by atoms with Gasteiger partial charge >= 0.3 is 5.97 Å². The number of hydrogen-bond acceptors (Lipinski definition) is 8. The molecule has 250 valence electrons. The molecular weight excluding hydrogens is 754 g/mol. The smallest absolute Gasteiger partial charge is 0.348 e. The van der Waals surface area contributed by atoms with Gasteiger partial charge in [-0.3, -0.25) is 9.10 Å². The molecule has 8 nitrogen and oxygen atoms in total. The van der Waals surface area contributed by atoms with Crippen molar-refractivity contribution in [1.29, 1.82) is 0 Å². The summed E-state index contributed by atoms with van der Waals surface area (Å²) in [7, 11) is -4.08. The number of thiophene rings is 2. The van der Waals surface area contributed by atoms with Crippen LogP contribution < -0.4 is 9.21 Å². The van der Waals surface area contributed by atoms with Gasteiger partial charge in [-0.1, -0.05) is 35.9 Å². The summed E-state index contributed by atoms with van der Waals surface area (Å²) in [6.45, 7) is 6.12. The zero-order valence-corrected chi connectivity index (χ0v) is 31.1. The molecule has 48 heavy (non-hydrogen) atoms. The summed E-state index contributed by atoms with van der Waals surface area (Å²) in [6.07, 6.45) is 0.454. The van der Waals surface area contributed by atoms with Crippen molar-refractivity contribution in [3.05, 3.63) is 109 Å². The molecule has 0 saturated carbocycles. The number of esters is 1. The zero-order chi connectivity index (χ0) is 34.0. The van der Waals surface area contributed by atoms with Gasteiger partial charge in [-0.15, -0.1) is 22.7 Å². The van der Waals surface area contributed by atoms with Crippen molar-refractivity contribution in [2.45, 2.75) is 25.2 Å². The average molecular weight is 787 g/mol. The zero-order valence-electron chi connectivity index (χ0n) is 26.3. The van der Waals surface area contributed by atoms with Gasteiger partial charge in [0, 0.05) is 46.9 Å². The van der Waals surface area contributed by atoms with Gasteiger partial charge < -0.3 is 14.5 Å². The fraction of sp³-hybridized carbons (Fsp3) is 0.257. The molecule has 5 aromatic rings. The summed E-state index contributed by atoms with van der Waals surface area (Å²) in [5.74, 6) is -0.425. The first-order valence-electron chi connectivity index (χ1n) is 15.4. The highest BCUT2D eigenvalue weighted by Crippen LogP contribution is 2.37. The minimum absolute atomic E-state index is 0.0118. The number of anilines is 2. The number of piperazine rings is 1. The Balaban J connectivity index is 1.34. The second-order valence-corrected chi connectivity index (χ2v) is 16.4. The van der Waals surface area contributed by atoms with Crippen LogP contribution in [-0.2, 0) is 21.2 Å². The quantitative estimate of drug-likeness (QED) is 0.133. The maximum absolute atomic E-state index is 14.7. The van der Waals surface area contributed by atoms with E-state index in [-0.39, 0.29) is 24.0 Å². The number of benzene rings is 3. The number of carbonyl (C=O) groups excluding carboxylic acids is 2. The monoisotopic (exact) mass is 785 g/mol. The molecule has 6 rings (SSSR count). The predicted octanol–water partition coefficient (Wildman–Crippen LogP) is 8.26. The third-order valence-electron chi connectivity index (χ3n) is 8.34. The standard InChI is InChI=1S/C35H33BrClN3O5S3/c1-3-45-35(42)32-23(2)27-22-26(12-13-31(27)47-32)48(43,44)40(16-14-24-8-10-25(37)11-9-24)30-7-5-4-6-29(30)38-17-19-39(20-18-38)34(41)33-28(36)15-21-46-33/h4-13,15,21-22H,3,14,16-20H2,1-2H3. The molecule has 0 aliphatic carbocycles. The summed E-state index contributed by atoms with van der Waals surface area (Å²) in [5, 5.41) is 3.20. The largest absolute Gasteiger partial charge is 0.462 e. The SMILES string of the molecule is CCOC(=O)c1sc2ccc(S(=O)(=O)N(CCc3ccc(Cl)cc3)c3ccccc3N3CCN(C(=O)c4sccc4Br)CC3)cc2c1C. The molecule has 3 aromatic carbocycles. The highest BCUT2D eigenvalue weighted by molar-refractivity contribution is 9.10. The lowest BCUT2D eigenvalue weighted by Gasteiger charge is -2.38. The van der Waals surface area contributed by atoms with Crippen LogP contribution in [0.25, 0.3) is 10.1 Å². The highest BCUT2D eigenvalue weighted by Gasteiger charge is 2.31. The van der Waals surface area contributed by atoms with Gasteiger partial charge in [-0.25, -0.2) is 13.2 Å². The van der Waals surface area contributed by atoms with E-state index in [0.29, 0.717) is 64.0 Å². The number of aryl methyl sites for hydroxylation is 1. The Morgan fingerprint density at radius 2 is 1.71 bits per heavy atom. The van der Waals surface area contributed by atoms with Crippen molar-refractivity contribution >= 4 is 93.6 Å². The van der Waals surface area contributed by atoms with Gasteiger partial charge in [-0.2, -0.15) is 0 Å². The first-order chi connectivity index (χ1) is 23.1. The van der Waals surface area contributed by atoms with Crippen LogP contribution >= 0.6 is 50.2 Å². The summed E-state index contributed by atoms with van der Waals surface area (Å²) in [6, 6.07) is 21.8. The van der Waals surface area contributed by atoms with E-state index in [4.69, 9.17) is 16.3 Å². The Kier molecular flexibility index (Phi) is 10.5. The van der Waals surface area contributed by atoms with E-state index in [0.717, 1.165) is 20.4 Å². The van der Waals surface area contributed by atoms with E-state index in [1.165, 1.54) is 27.0 Å². The molecule has 1 saturated heterocycles. The minimum atomic E-state index is -4.08. The number of nitrogens with zero attached hydrogens (tertiary/aromatic N) is 3. The molecule has 0 N–H and O–H groups in total. The number of carbonyl (C=O) groups is 2. The van der Waals surface area contributed by atoms with E-state index in [1.807, 2.05) is 59.7 Å². The first-order valence-corrected chi connectivity index (χ1v) is 19.7. The maximum atomic E-state index is 14.7. The van der Waals surface area contributed by atoms with Gasteiger partial charge in [0.05, 0.1) is 22.9 Å². The molecule has 0 radical (unpaired) electrons. The van der Waals surface area contributed by atoms with E-state index in [2.05, 4.69) is 20.8 Å². The van der Waals surface area contributed by atoms with Crippen molar-refractivity contribution in [2.75, 3.05) is 48.5 Å². The summed E-state index contributed by atoms with van der Waals surface area (Å²) in [5.41, 5.74) is 2.98. The molecule has 0 atom stereocenters. The lowest BCUT2D eigenvalue weighted by atomic mass is 10.1. The second kappa shape index (κ2) is 14.6.